The van der Waals surface area contributed by atoms with Crippen molar-refractivity contribution in [2.24, 2.45) is 0 Å². The molecule has 1 saturated heterocycles. The first-order chi connectivity index (χ1) is 8.14. The van der Waals surface area contributed by atoms with Crippen LogP contribution in [-0.2, 0) is 9.53 Å². The number of nitrogens with zero attached hydrogens (tertiary/aromatic N) is 2. The number of likely N-dealkylation sites (tertiary alicyclic amines) is 1. The van der Waals surface area contributed by atoms with Crippen molar-refractivity contribution >= 4 is 5.97 Å². The van der Waals surface area contributed by atoms with Crippen molar-refractivity contribution in [1.29, 1.82) is 0 Å². The zero-order chi connectivity index (χ0) is 14.0. The molecule has 0 saturated carbocycles. The summed E-state index contributed by atoms with van der Waals surface area (Å²) in [4.78, 5) is 12.2. The van der Waals surface area contributed by atoms with Gasteiger partial charge in [0.05, 0.1) is 41.3 Å². The average molecular weight is 258 g/mol. The summed E-state index contributed by atoms with van der Waals surface area (Å²) in [5, 5.41) is 0. The largest absolute Gasteiger partial charge is 0.455 e. The average Bonchev–Trinajstić information content (AvgIpc) is 2.19. The summed E-state index contributed by atoms with van der Waals surface area (Å²) in [6, 6.07) is 0.552. The predicted molar refractivity (Wildman–Crippen MR) is 73.1 cm³/mol. The maximum absolute atomic E-state index is 12.2. The number of esters is 1. The molecular weight excluding hydrogens is 228 g/mol. The van der Waals surface area contributed by atoms with Crippen LogP contribution in [0.25, 0.3) is 0 Å². The van der Waals surface area contributed by atoms with Gasteiger partial charge < -0.3 is 13.7 Å². The summed E-state index contributed by atoms with van der Waals surface area (Å²) in [5.41, 5.74) is 0. The second-order valence-corrected chi connectivity index (χ2v) is 7.11. The molecule has 4 heteroatoms. The van der Waals surface area contributed by atoms with Gasteiger partial charge in [0, 0.05) is 6.42 Å². The fraction of sp³-hybridized carbons (Fsp3) is 0.929. The SMILES string of the molecule is CC1CCCC(C(=O)OCC[N+](C)(C)C)[N+]1(C)C. The number of carbonyl (C=O) groups is 1. The number of ether oxygens (including phenoxy) is 1. The van der Waals surface area contributed by atoms with Crippen molar-refractivity contribution in [3.63, 3.8) is 0 Å². The fourth-order valence-electron chi connectivity index (χ4n) is 2.49. The van der Waals surface area contributed by atoms with E-state index in [0.717, 1.165) is 28.4 Å². The predicted octanol–water partition coefficient (Wildman–Crippen LogP) is 1.25. The van der Waals surface area contributed by atoms with E-state index in [1.807, 2.05) is 0 Å². The lowest BCUT2D eigenvalue weighted by atomic mass is 9.94. The highest BCUT2D eigenvalue weighted by Gasteiger charge is 2.42. The van der Waals surface area contributed by atoms with Crippen LogP contribution in [0.2, 0.25) is 0 Å². The maximum atomic E-state index is 12.2. The van der Waals surface area contributed by atoms with Gasteiger partial charge in [-0.05, 0) is 19.8 Å². The van der Waals surface area contributed by atoms with E-state index in [2.05, 4.69) is 42.2 Å². The van der Waals surface area contributed by atoms with Gasteiger partial charge in [-0.2, -0.15) is 0 Å². The lowest BCUT2D eigenvalue weighted by molar-refractivity contribution is -0.934. The maximum Gasteiger partial charge on any atom is 0.365 e. The minimum atomic E-state index is -0.0139. The summed E-state index contributed by atoms with van der Waals surface area (Å²) in [6.07, 6.45) is 3.30. The molecule has 106 valence electrons. The van der Waals surface area contributed by atoms with Crippen LogP contribution in [0.4, 0.5) is 0 Å². The van der Waals surface area contributed by atoms with Crippen LogP contribution in [0.5, 0.6) is 0 Å². The Balaban J connectivity index is 2.50. The number of piperidine rings is 1. The minimum Gasteiger partial charge on any atom is -0.455 e. The van der Waals surface area contributed by atoms with Gasteiger partial charge in [-0.15, -0.1) is 0 Å². The van der Waals surface area contributed by atoms with Crippen molar-refractivity contribution in [2.75, 3.05) is 48.4 Å². The van der Waals surface area contributed by atoms with Gasteiger partial charge in [-0.1, -0.05) is 0 Å². The highest BCUT2D eigenvalue weighted by Crippen LogP contribution is 2.28. The van der Waals surface area contributed by atoms with Crippen molar-refractivity contribution in [2.45, 2.75) is 38.3 Å². The van der Waals surface area contributed by atoms with Crippen molar-refractivity contribution in [1.82, 2.24) is 0 Å². The highest BCUT2D eigenvalue weighted by atomic mass is 16.5. The van der Waals surface area contributed by atoms with E-state index in [1.54, 1.807) is 0 Å². The molecule has 0 spiro atoms. The molecule has 2 unspecified atom stereocenters. The van der Waals surface area contributed by atoms with E-state index in [0.29, 0.717) is 12.6 Å². The molecule has 4 nitrogen and oxygen atoms in total. The normalized spacial score (nSPS) is 27.9. The molecule has 0 radical (unpaired) electrons. The third-order valence-electron chi connectivity index (χ3n) is 4.32. The first-order valence-electron chi connectivity index (χ1n) is 6.95. The summed E-state index contributed by atoms with van der Waals surface area (Å²) in [6.45, 7) is 3.61. The van der Waals surface area contributed by atoms with Gasteiger partial charge >= 0.3 is 5.97 Å². The van der Waals surface area contributed by atoms with Gasteiger partial charge in [-0.3, -0.25) is 0 Å². The second kappa shape index (κ2) is 5.57. The van der Waals surface area contributed by atoms with E-state index in [1.165, 1.54) is 6.42 Å². The minimum absolute atomic E-state index is 0.0139. The quantitative estimate of drug-likeness (QED) is 0.560. The Labute approximate surface area is 112 Å². The van der Waals surface area contributed by atoms with Crippen molar-refractivity contribution in [3.05, 3.63) is 0 Å². The van der Waals surface area contributed by atoms with E-state index in [4.69, 9.17) is 4.74 Å². The smallest absolute Gasteiger partial charge is 0.365 e. The van der Waals surface area contributed by atoms with Gasteiger partial charge in [0.25, 0.3) is 0 Å². The number of quaternary nitrogens is 2. The van der Waals surface area contributed by atoms with Gasteiger partial charge in [0.1, 0.15) is 13.2 Å². The zero-order valence-electron chi connectivity index (χ0n) is 12.9. The van der Waals surface area contributed by atoms with Crippen LogP contribution in [0.1, 0.15) is 26.2 Å². The summed E-state index contributed by atoms with van der Waals surface area (Å²) < 4.78 is 7.06. The standard InChI is InChI=1S/C14H30N2O2/c1-12-8-7-9-13(16(12,5)6)14(17)18-11-10-15(2,3)4/h12-13H,7-11H2,1-6H3/q+2. The van der Waals surface area contributed by atoms with Crippen LogP contribution in [0, 0.1) is 0 Å². The van der Waals surface area contributed by atoms with Gasteiger partial charge in [0.15, 0.2) is 6.04 Å². The third kappa shape index (κ3) is 3.95. The Morgan fingerprint density at radius 2 is 1.89 bits per heavy atom. The van der Waals surface area contributed by atoms with E-state index >= 15 is 0 Å². The molecule has 0 N–H and O–H groups in total. The number of hydrogen-bond donors (Lipinski definition) is 0. The summed E-state index contributed by atoms with van der Waals surface area (Å²) in [5.74, 6) is -0.0139. The Morgan fingerprint density at radius 1 is 1.28 bits per heavy atom. The zero-order valence-corrected chi connectivity index (χ0v) is 12.9. The lowest BCUT2D eigenvalue weighted by Crippen LogP contribution is -2.60. The molecule has 1 rings (SSSR count). The molecule has 1 heterocycles. The number of hydrogen-bond acceptors (Lipinski definition) is 2. The first-order valence-corrected chi connectivity index (χ1v) is 6.95. The molecule has 0 aromatic carbocycles. The van der Waals surface area contributed by atoms with E-state index in [9.17, 15) is 4.79 Å². The molecule has 2 atom stereocenters. The molecule has 18 heavy (non-hydrogen) atoms. The number of rotatable bonds is 4. The van der Waals surface area contributed by atoms with Crippen LogP contribution >= 0.6 is 0 Å². The van der Waals surface area contributed by atoms with Crippen LogP contribution in [0.15, 0.2) is 0 Å². The Bertz CT molecular complexity index is 295. The molecule has 0 aliphatic carbocycles. The summed E-state index contributed by atoms with van der Waals surface area (Å²) in [7, 11) is 10.6. The van der Waals surface area contributed by atoms with Gasteiger partial charge in [-0.25, -0.2) is 4.79 Å². The molecular formula is C14H30N2O2+2. The molecule has 0 bridgehead atoms. The van der Waals surface area contributed by atoms with E-state index < -0.39 is 0 Å². The Hall–Kier alpha value is -0.610. The molecule has 0 aromatic heterocycles. The van der Waals surface area contributed by atoms with Crippen LogP contribution in [0.3, 0.4) is 0 Å². The van der Waals surface area contributed by atoms with Gasteiger partial charge in [0.2, 0.25) is 0 Å². The lowest BCUT2D eigenvalue weighted by Gasteiger charge is -2.44. The molecule has 0 aromatic rings. The third-order valence-corrected chi connectivity index (χ3v) is 4.32. The van der Waals surface area contributed by atoms with E-state index in [-0.39, 0.29) is 12.0 Å². The second-order valence-electron chi connectivity index (χ2n) is 7.11. The molecule has 1 aliphatic rings. The Morgan fingerprint density at radius 3 is 2.44 bits per heavy atom. The van der Waals surface area contributed by atoms with Crippen LogP contribution in [-0.4, -0.2) is 75.4 Å². The number of carbonyl (C=O) groups excluding carboxylic acids is 1. The number of likely N-dealkylation sites (N-methyl/N-ethyl adjacent to an activating group) is 2. The van der Waals surface area contributed by atoms with Crippen LogP contribution < -0.4 is 0 Å². The Kier molecular flexibility index (Phi) is 4.78. The topological polar surface area (TPSA) is 26.3 Å². The van der Waals surface area contributed by atoms with Crippen molar-refractivity contribution < 1.29 is 18.5 Å². The molecule has 1 aliphatic heterocycles. The monoisotopic (exact) mass is 258 g/mol. The first kappa shape index (κ1) is 15.4. The highest BCUT2D eigenvalue weighted by molar-refractivity contribution is 5.74. The molecule has 1 fully saturated rings. The fourth-order valence-corrected chi connectivity index (χ4v) is 2.49. The van der Waals surface area contributed by atoms with Crippen molar-refractivity contribution in [3.8, 4) is 0 Å². The molecule has 0 amide bonds. The summed E-state index contributed by atoms with van der Waals surface area (Å²) >= 11 is 0.